The van der Waals surface area contributed by atoms with E-state index in [0.717, 1.165) is 30.2 Å². The molecule has 0 aliphatic carbocycles. The van der Waals surface area contributed by atoms with Crippen molar-refractivity contribution >= 4 is 23.4 Å². The fourth-order valence-corrected chi connectivity index (χ4v) is 2.72. The summed E-state index contributed by atoms with van der Waals surface area (Å²) in [6.07, 6.45) is 3.96. The summed E-state index contributed by atoms with van der Waals surface area (Å²) in [6, 6.07) is 7.92. The van der Waals surface area contributed by atoms with Crippen LogP contribution in [-0.4, -0.2) is 18.4 Å². The molecule has 1 aromatic rings. The summed E-state index contributed by atoms with van der Waals surface area (Å²) < 4.78 is 5.30. The Balaban J connectivity index is 1.85. The van der Waals surface area contributed by atoms with Gasteiger partial charge < -0.3 is 10.5 Å². The maximum atomic E-state index is 6.13. The summed E-state index contributed by atoms with van der Waals surface area (Å²) in [5, 5.41) is 0.766. The Kier molecular flexibility index (Phi) is 4.77. The molecule has 92 valence electrons. The van der Waals surface area contributed by atoms with Gasteiger partial charge in [-0.2, -0.15) is 0 Å². The van der Waals surface area contributed by atoms with Crippen LogP contribution in [0.15, 0.2) is 41.0 Å². The van der Waals surface area contributed by atoms with E-state index >= 15 is 0 Å². The first-order chi connectivity index (χ1) is 8.25. The molecule has 0 amide bonds. The predicted octanol–water partition coefficient (Wildman–Crippen LogP) is 3.45. The molecule has 0 saturated heterocycles. The third-order valence-electron chi connectivity index (χ3n) is 2.68. The van der Waals surface area contributed by atoms with Gasteiger partial charge in [0.25, 0.3) is 0 Å². The van der Waals surface area contributed by atoms with Crippen molar-refractivity contribution < 1.29 is 4.74 Å². The fraction of sp³-hybridized carbons (Fsp3) is 0.385. The lowest BCUT2D eigenvalue weighted by molar-refractivity contribution is 0.222. The molecule has 0 saturated carbocycles. The number of ether oxygens (including phenoxy) is 1. The molecule has 1 aliphatic rings. The first-order valence-electron chi connectivity index (χ1n) is 5.70. The van der Waals surface area contributed by atoms with E-state index in [2.05, 4.69) is 0 Å². The highest BCUT2D eigenvalue weighted by Crippen LogP contribution is 2.24. The molecule has 2 rings (SSSR count). The van der Waals surface area contributed by atoms with Gasteiger partial charge in [-0.25, -0.2) is 0 Å². The van der Waals surface area contributed by atoms with Gasteiger partial charge in [-0.05, 0) is 42.7 Å². The molecular formula is C13H16ClNOS. The molecule has 0 spiro atoms. The first kappa shape index (κ1) is 12.8. The number of halogens is 1. The van der Waals surface area contributed by atoms with E-state index in [9.17, 15) is 0 Å². The van der Waals surface area contributed by atoms with Crippen molar-refractivity contribution in [3.05, 3.63) is 41.1 Å². The van der Waals surface area contributed by atoms with Crippen LogP contribution in [0.4, 0.5) is 0 Å². The zero-order valence-corrected chi connectivity index (χ0v) is 11.1. The van der Waals surface area contributed by atoms with Crippen LogP contribution >= 0.6 is 23.4 Å². The second-order valence-electron chi connectivity index (χ2n) is 4.04. The third-order valence-corrected chi connectivity index (χ3v) is 4.07. The number of rotatable bonds is 4. The largest absolute Gasteiger partial charge is 0.501 e. The summed E-state index contributed by atoms with van der Waals surface area (Å²) in [5.41, 5.74) is 7.35. The van der Waals surface area contributed by atoms with Gasteiger partial charge in [0, 0.05) is 21.7 Å². The van der Waals surface area contributed by atoms with Gasteiger partial charge in [0.2, 0.25) is 0 Å². The Bertz CT molecular complexity index is 391. The lowest BCUT2D eigenvalue weighted by atomic mass is 10.0. The minimum Gasteiger partial charge on any atom is -0.501 e. The molecule has 1 unspecified atom stereocenters. The second-order valence-corrected chi connectivity index (χ2v) is 5.57. The van der Waals surface area contributed by atoms with Gasteiger partial charge in [0.05, 0.1) is 12.9 Å². The molecule has 17 heavy (non-hydrogen) atoms. The van der Waals surface area contributed by atoms with Crippen LogP contribution in [0.5, 0.6) is 0 Å². The monoisotopic (exact) mass is 269 g/mol. The number of hydrogen-bond acceptors (Lipinski definition) is 3. The molecule has 1 atom stereocenters. The van der Waals surface area contributed by atoms with Crippen molar-refractivity contribution in [1.82, 2.24) is 0 Å². The SMILES string of the molecule is NC(CSc1ccc(Cl)cc1)C1=COCCC1. The van der Waals surface area contributed by atoms with Crippen LogP contribution in [0.2, 0.25) is 5.02 Å². The van der Waals surface area contributed by atoms with Crippen molar-refractivity contribution in [1.29, 1.82) is 0 Å². The van der Waals surface area contributed by atoms with Crippen LogP contribution in [0.1, 0.15) is 12.8 Å². The lowest BCUT2D eigenvalue weighted by Crippen LogP contribution is -2.27. The van der Waals surface area contributed by atoms with E-state index in [-0.39, 0.29) is 6.04 Å². The van der Waals surface area contributed by atoms with Crippen molar-refractivity contribution in [3.63, 3.8) is 0 Å². The van der Waals surface area contributed by atoms with E-state index in [1.54, 1.807) is 11.8 Å². The molecule has 0 bridgehead atoms. The Morgan fingerprint density at radius 1 is 1.35 bits per heavy atom. The van der Waals surface area contributed by atoms with Gasteiger partial charge >= 0.3 is 0 Å². The molecule has 0 fully saturated rings. The Morgan fingerprint density at radius 2 is 2.12 bits per heavy atom. The van der Waals surface area contributed by atoms with Gasteiger partial charge in [-0.3, -0.25) is 0 Å². The highest BCUT2D eigenvalue weighted by Gasteiger charge is 2.13. The van der Waals surface area contributed by atoms with Crippen molar-refractivity contribution in [2.24, 2.45) is 5.73 Å². The van der Waals surface area contributed by atoms with Gasteiger partial charge in [-0.1, -0.05) is 11.6 Å². The van der Waals surface area contributed by atoms with Gasteiger partial charge in [0.15, 0.2) is 0 Å². The average Bonchev–Trinajstić information content (AvgIpc) is 2.39. The zero-order chi connectivity index (χ0) is 12.1. The van der Waals surface area contributed by atoms with Crippen LogP contribution in [0, 0.1) is 0 Å². The standard InChI is InChI=1S/C13H16ClNOS/c14-11-3-5-12(6-4-11)17-9-13(15)10-2-1-7-16-8-10/h3-6,8,13H,1-2,7,9,15H2. The average molecular weight is 270 g/mol. The topological polar surface area (TPSA) is 35.2 Å². The van der Waals surface area contributed by atoms with E-state index in [4.69, 9.17) is 22.1 Å². The molecule has 0 radical (unpaired) electrons. The van der Waals surface area contributed by atoms with Crippen LogP contribution in [0.3, 0.4) is 0 Å². The molecule has 2 N–H and O–H groups in total. The maximum absolute atomic E-state index is 6.13. The van der Waals surface area contributed by atoms with Gasteiger partial charge in [0.1, 0.15) is 0 Å². The van der Waals surface area contributed by atoms with E-state index in [1.165, 1.54) is 10.5 Å². The second kappa shape index (κ2) is 6.34. The molecule has 2 nitrogen and oxygen atoms in total. The highest BCUT2D eigenvalue weighted by atomic mass is 35.5. The van der Waals surface area contributed by atoms with Crippen LogP contribution in [0.25, 0.3) is 0 Å². The van der Waals surface area contributed by atoms with E-state index in [0.29, 0.717) is 0 Å². The van der Waals surface area contributed by atoms with Crippen molar-refractivity contribution in [3.8, 4) is 0 Å². The predicted molar refractivity (Wildman–Crippen MR) is 73.4 cm³/mol. The lowest BCUT2D eigenvalue weighted by Gasteiger charge is -2.19. The van der Waals surface area contributed by atoms with Gasteiger partial charge in [-0.15, -0.1) is 11.8 Å². The number of nitrogens with two attached hydrogens (primary N) is 1. The molecule has 1 aliphatic heterocycles. The minimum absolute atomic E-state index is 0.0796. The smallest absolute Gasteiger partial charge is 0.0876 e. The molecule has 1 heterocycles. The van der Waals surface area contributed by atoms with Crippen molar-refractivity contribution in [2.75, 3.05) is 12.4 Å². The van der Waals surface area contributed by atoms with E-state index in [1.807, 2.05) is 30.5 Å². The number of thioether (sulfide) groups is 1. The first-order valence-corrected chi connectivity index (χ1v) is 7.06. The molecule has 0 aromatic heterocycles. The number of benzene rings is 1. The van der Waals surface area contributed by atoms with Crippen LogP contribution < -0.4 is 5.73 Å². The Morgan fingerprint density at radius 3 is 2.76 bits per heavy atom. The Labute approximate surface area is 111 Å². The maximum Gasteiger partial charge on any atom is 0.0876 e. The highest BCUT2D eigenvalue weighted by molar-refractivity contribution is 7.99. The summed E-state index contributed by atoms with van der Waals surface area (Å²) in [4.78, 5) is 1.20. The minimum atomic E-state index is 0.0796. The zero-order valence-electron chi connectivity index (χ0n) is 9.56. The molecule has 4 heteroatoms. The summed E-state index contributed by atoms with van der Waals surface area (Å²) in [6.45, 7) is 0.820. The van der Waals surface area contributed by atoms with Crippen molar-refractivity contribution in [2.45, 2.75) is 23.8 Å². The third kappa shape index (κ3) is 3.95. The summed E-state index contributed by atoms with van der Waals surface area (Å²) >= 11 is 7.59. The quantitative estimate of drug-likeness (QED) is 0.851. The van der Waals surface area contributed by atoms with E-state index < -0.39 is 0 Å². The molecule has 1 aromatic carbocycles. The molecular weight excluding hydrogens is 254 g/mol. The summed E-state index contributed by atoms with van der Waals surface area (Å²) in [5.74, 6) is 0.872. The number of hydrogen-bond donors (Lipinski definition) is 1. The summed E-state index contributed by atoms with van der Waals surface area (Å²) in [7, 11) is 0. The van der Waals surface area contributed by atoms with Crippen LogP contribution in [-0.2, 0) is 4.74 Å². The fourth-order valence-electron chi connectivity index (χ4n) is 1.68. The Hall–Kier alpha value is -0.640. The normalized spacial score (nSPS) is 17.2.